The third-order valence-corrected chi connectivity index (χ3v) is 4.87. The normalized spacial score (nSPS) is 11.9. The molecular formula is C21H23N5O3. The van der Waals surface area contributed by atoms with Gasteiger partial charge in [-0.3, -0.25) is 0 Å². The molecule has 2 aromatic heterocycles. The van der Waals surface area contributed by atoms with Crippen LogP contribution < -0.4 is 4.74 Å². The van der Waals surface area contributed by atoms with Crippen LogP contribution >= 0.6 is 0 Å². The number of aryl methyl sites for hydroxylation is 1. The van der Waals surface area contributed by atoms with E-state index in [0.717, 1.165) is 33.5 Å². The molecule has 0 unspecified atom stereocenters. The van der Waals surface area contributed by atoms with E-state index in [2.05, 4.69) is 20.5 Å². The van der Waals surface area contributed by atoms with Crippen LogP contribution in [0.5, 0.6) is 5.75 Å². The summed E-state index contributed by atoms with van der Waals surface area (Å²) in [5.74, 6) is 1.72. The number of fused-ring (bicyclic) bond motifs is 1. The Morgan fingerprint density at radius 2 is 2.00 bits per heavy atom. The van der Waals surface area contributed by atoms with Crippen LogP contribution in [0.15, 0.2) is 40.9 Å². The van der Waals surface area contributed by atoms with Crippen molar-refractivity contribution in [3.05, 3.63) is 42.0 Å². The van der Waals surface area contributed by atoms with Crippen molar-refractivity contribution in [3.8, 4) is 28.6 Å². The first-order valence-corrected chi connectivity index (χ1v) is 9.33. The summed E-state index contributed by atoms with van der Waals surface area (Å²) in [5.41, 5.74) is 4.01. The predicted octanol–water partition coefficient (Wildman–Crippen LogP) is 3.48. The van der Waals surface area contributed by atoms with E-state index in [1.165, 1.54) is 0 Å². The van der Waals surface area contributed by atoms with Crippen LogP contribution in [0.25, 0.3) is 33.9 Å². The number of aliphatic hydroxyl groups excluding tert-OH is 1. The van der Waals surface area contributed by atoms with Crippen molar-refractivity contribution >= 4 is 11.0 Å². The van der Waals surface area contributed by atoms with E-state index >= 15 is 0 Å². The van der Waals surface area contributed by atoms with Gasteiger partial charge in [0.1, 0.15) is 11.3 Å². The number of methoxy groups -OCH3 is 1. The first-order valence-electron chi connectivity index (χ1n) is 9.33. The average Bonchev–Trinajstić information content (AvgIpc) is 3.35. The highest BCUT2D eigenvalue weighted by Crippen LogP contribution is 2.29. The van der Waals surface area contributed by atoms with Crippen molar-refractivity contribution in [1.82, 2.24) is 25.1 Å². The maximum absolute atomic E-state index is 9.51. The van der Waals surface area contributed by atoms with Crippen LogP contribution in [-0.4, -0.2) is 44.0 Å². The minimum absolute atomic E-state index is 0.0723. The zero-order chi connectivity index (χ0) is 20.6. The first-order chi connectivity index (χ1) is 13.9. The van der Waals surface area contributed by atoms with Crippen LogP contribution in [0.1, 0.15) is 19.4 Å². The SMILES string of the molecule is COc1ccc(-c2nc(-c3ccc4c(c3)nnn4CC(C)(C)CO)no2)c(C)c1. The molecule has 8 heteroatoms. The highest BCUT2D eigenvalue weighted by Gasteiger charge is 2.20. The Hall–Kier alpha value is -3.26. The molecule has 0 fully saturated rings. The molecule has 2 aromatic carbocycles. The highest BCUT2D eigenvalue weighted by molar-refractivity contribution is 5.80. The number of benzene rings is 2. The van der Waals surface area contributed by atoms with Gasteiger partial charge in [0.05, 0.1) is 19.2 Å². The van der Waals surface area contributed by atoms with Gasteiger partial charge < -0.3 is 14.4 Å². The molecule has 4 aromatic rings. The van der Waals surface area contributed by atoms with Gasteiger partial charge in [-0.25, -0.2) is 4.68 Å². The number of aromatic nitrogens is 5. The first kappa shape index (κ1) is 19.1. The smallest absolute Gasteiger partial charge is 0.258 e. The Balaban J connectivity index is 1.64. The van der Waals surface area contributed by atoms with Gasteiger partial charge in [-0.2, -0.15) is 4.98 Å². The quantitative estimate of drug-likeness (QED) is 0.535. The molecule has 0 saturated carbocycles. The number of aliphatic hydroxyl groups is 1. The predicted molar refractivity (Wildman–Crippen MR) is 108 cm³/mol. The fourth-order valence-electron chi connectivity index (χ4n) is 3.14. The number of rotatable bonds is 6. The van der Waals surface area contributed by atoms with E-state index in [4.69, 9.17) is 9.26 Å². The van der Waals surface area contributed by atoms with E-state index in [9.17, 15) is 5.11 Å². The van der Waals surface area contributed by atoms with Crippen LogP contribution in [-0.2, 0) is 6.54 Å². The summed E-state index contributed by atoms with van der Waals surface area (Å²) in [4.78, 5) is 4.55. The van der Waals surface area contributed by atoms with Crippen molar-refractivity contribution in [3.63, 3.8) is 0 Å². The lowest BCUT2D eigenvalue weighted by atomic mass is 9.95. The molecule has 0 spiro atoms. The fraction of sp³-hybridized carbons (Fsp3) is 0.333. The van der Waals surface area contributed by atoms with Gasteiger partial charge in [0, 0.05) is 23.1 Å². The van der Waals surface area contributed by atoms with Gasteiger partial charge >= 0.3 is 0 Å². The van der Waals surface area contributed by atoms with Crippen LogP contribution in [0.2, 0.25) is 0 Å². The minimum Gasteiger partial charge on any atom is -0.497 e. The monoisotopic (exact) mass is 393 g/mol. The Labute approximate surface area is 168 Å². The Kier molecular flexibility index (Phi) is 4.79. The standard InChI is InChI=1S/C21H23N5O3/c1-13-9-15(28-4)6-7-16(13)20-22-19(24-29-20)14-5-8-18-17(10-14)23-25-26(18)11-21(2,3)12-27/h5-10,27H,11-12H2,1-4H3. The molecule has 0 aliphatic carbocycles. The number of hydrogen-bond donors (Lipinski definition) is 1. The largest absolute Gasteiger partial charge is 0.497 e. The fourth-order valence-corrected chi connectivity index (χ4v) is 3.14. The zero-order valence-electron chi connectivity index (χ0n) is 16.9. The van der Waals surface area contributed by atoms with Crippen LogP contribution in [0.4, 0.5) is 0 Å². The lowest BCUT2D eigenvalue weighted by Crippen LogP contribution is -2.24. The van der Waals surface area contributed by atoms with E-state index < -0.39 is 0 Å². The summed E-state index contributed by atoms with van der Waals surface area (Å²) in [6, 6.07) is 11.4. The van der Waals surface area contributed by atoms with E-state index in [1.807, 2.05) is 57.2 Å². The lowest BCUT2D eigenvalue weighted by molar-refractivity contribution is 0.137. The third-order valence-electron chi connectivity index (χ3n) is 4.87. The summed E-state index contributed by atoms with van der Waals surface area (Å²) in [7, 11) is 1.64. The molecule has 1 N–H and O–H groups in total. The van der Waals surface area contributed by atoms with Crippen LogP contribution in [0.3, 0.4) is 0 Å². The van der Waals surface area contributed by atoms with Crippen LogP contribution in [0, 0.1) is 12.3 Å². The number of nitrogens with zero attached hydrogens (tertiary/aromatic N) is 5. The Morgan fingerprint density at radius 1 is 1.17 bits per heavy atom. The van der Waals surface area contributed by atoms with Crippen molar-refractivity contribution in [2.75, 3.05) is 13.7 Å². The molecule has 0 aliphatic heterocycles. The second-order valence-electron chi connectivity index (χ2n) is 7.88. The van der Waals surface area contributed by atoms with Crippen molar-refractivity contribution in [1.29, 1.82) is 0 Å². The second kappa shape index (κ2) is 7.29. The Bertz CT molecular complexity index is 1160. The molecule has 0 aliphatic rings. The maximum atomic E-state index is 9.51. The summed E-state index contributed by atoms with van der Waals surface area (Å²) < 4.78 is 12.5. The topological polar surface area (TPSA) is 99.1 Å². The summed E-state index contributed by atoms with van der Waals surface area (Å²) >= 11 is 0. The Morgan fingerprint density at radius 3 is 2.72 bits per heavy atom. The van der Waals surface area contributed by atoms with Crippen molar-refractivity contribution < 1.29 is 14.4 Å². The summed E-state index contributed by atoms with van der Waals surface area (Å²) in [6.45, 7) is 6.58. The number of ether oxygens (including phenoxy) is 1. The van der Waals surface area contributed by atoms with E-state index in [1.54, 1.807) is 11.8 Å². The van der Waals surface area contributed by atoms with Gasteiger partial charge in [-0.1, -0.05) is 24.2 Å². The molecule has 29 heavy (non-hydrogen) atoms. The number of hydrogen-bond acceptors (Lipinski definition) is 7. The van der Waals surface area contributed by atoms with Gasteiger partial charge in [-0.15, -0.1) is 5.10 Å². The highest BCUT2D eigenvalue weighted by atomic mass is 16.5. The molecule has 4 rings (SSSR count). The van der Waals surface area contributed by atoms with Crippen molar-refractivity contribution in [2.24, 2.45) is 5.41 Å². The van der Waals surface area contributed by atoms with Crippen molar-refractivity contribution in [2.45, 2.75) is 27.3 Å². The van der Waals surface area contributed by atoms with E-state index in [0.29, 0.717) is 18.3 Å². The maximum Gasteiger partial charge on any atom is 0.258 e. The van der Waals surface area contributed by atoms with Gasteiger partial charge in [0.2, 0.25) is 5.82 Å². The molecular weight excluding hydrogens is 370 g/mol. The van der Waals surface area contributed by atoms with Gasteiger partial charge in [-0.05, 0) is 48.9 Å². The molecule has 0 radical (unpaired) electrons. The molecule has 0 bridgehead atoms. The second-order valence-corrected chi connectivity index (χ2v) is 7.88. The summed E-state index contributed by atoms with van der Waals surface area (Å²) in [5, 5.41) is 22.1. The zero-order valence-corrected chi connectivity index (χ0v) is 16.9. The molecule has 0 saturated heterocycles. The molecule has 8 nitrogen and oxygen atoms in total. The molecule has 0 atom stereocenters. The molecule has 0 amide bonds. The lowest BCUT2D eigenvalue weighted by Gasteiger charge is -2.21. The minimum atomic E-state index is -0.280. The van der Waals surface area contributed by atoms with Gasteiger partial charge in [0.15, 0.2) is 0 Å². The van der Waals surface area contributed by atoms with Gasteiger partial charge in [0.25, 0.3) is 5.89 Å². The summed E-state index contributed by atoms with van der Waals surface area (Å²) in [6.07, 6.45) is 0. The third kappa shape index (κ3) is 3.71. The molecule has 150 valence electrons. The molecule has 2 heterocycles. The average molecular weight is 393 g/mol. The van der Waals surface area contributed by atoms with E-state index in [-0.39, 0.29) is 12.0 Å².